The van der Waals surface area contributed by atoms with Gasteiger partial charge in [0.25, 0.3) is 5.91 Å². The minimum Gasteiger partial charge on any atom is -0.493 e. The zero-order valence-corrected chi connectivity index (χ0v) is 11.0. The predicted molar refractivity (Wildman–Crippen MR) is 71.1 cm³/mol. The molecule has 0 aromatic heterocycles. The van der Waals surface area contributed by atoms with Crippen LogP contribution in [0.15, 0.2) is 24.3 Å². The Morgan fingerprint density at radius 3 is 2.95 bits per heavy atom. The van der Waals surface area contributed by atoms with Gasteiger partial charge in [-0.3, -0.25) is 9.59 Å². The van der Waals surface area contributed by atoms with E-state index in [1.807, 2.05) is 19.1 Å². The fourth-order valence-corrected chi connectivity index (χ4v) is 2.07. The van der Waals surface area contributed by atoms with Gasteiger partial charge >= 0.3 is 0 Å². The van der Waals surface area contributed by atoms with Gasteiger partial charge < -0.3 is 15.0 Å². The molecule has 2 amide bonds. The molecule has 1 aromatic rings. The van der Waals surface area contributed by atoms with Crippen molar-refractivity contribution >= 4 is 11.8 Å². The van der Waals surface area contributed by atoms with E-state index in [1.54, 1.807) is 17.0 Å². The molecule has 0 unspecified atom stereocenters. The fraction of sp³-hybridized carbons (Fsp3) is 0.429. The topological polar surface area (TPSA) is 58.6 Å². The average Bonchev–Trinajstić information content (AvgIpc) is 2.64. The highest BCUT2D eigenvalue weighted by atomic mass is 16.5. The van der Waals surface area contributed by atoms with Crippen molar-refractivity contribution in [1.82, 2.24) is 10.2 Å². The first-order valence-electron chi connectivity index (χ1n) is 6.50. The maximum atomic E-state index is 12.5. The van der Waals surface area contributed by atoms with Crippen LogP contribution in [0, 0.1) is 0 Å². The summed E-state index contributed by atoms with van der Waals surface area (Å²) in [6.45, 7) is 3.89. The molecule has 1 fully saturated rings. The smallest absolute Gasteiger partial charge is 0.257 e. The number of amides is 2. The summed E-state index contributed by atoms with van der Waals surface area (Å²) in [6.07, 6.45) is 0.350. The quantitative estimate of drug-likeness (QED) is 0.885. The highest BCUT2D eigenvalue weighted by molar-refractivity contribution is 5.97. The Bertz CT molecular complexity index is 474. The molecule has 19 heavy (non-hydrogen) atoms. The molecule has 1 aromatic carbocycles. The third-order valence-electron chi connectivity index (χ3n) is 3.02. The van der Waals surface area contributed by atoms with Crippen molar-refractivity contribution in [3.05, 3.63) is 29.8 Å². The van der Waals surface area contributed by atoms with Crippen molar-refractivity contribution in [2.75, 3.05) is 26.2 Å². The van der Waals surface area contributed by atoms with Crippen molar-refractivity contribution in [3.63, 3.8) is 0 Å². The lowest BCUT2D eigenvalue weighted by Gasteiger charge is -2.20. The van der Waals surface area contributed by atoms with Gasteiger partial charge in [0.15, 0.2) is 0 Å². The number of benzene rings is 1. The number of nitrogens with zero attached hydrogens (tertiary/aromatic N) is 1. The fourth-order valence-electron chi connectivity index (χ4n) is 2.07. The lowest BCUT2D eigenvalue weighted by molar-refractivity contribution is -0.120. The van der Waals surface area contributed by atoms with Gasteiger partial charge in [0.05, 0.1) is 12.2 Å². The number of ether oxygens (including phenoxy) is 1. The summed E-state index contributed by atoms with van der Waals surface area (Å²) in [5, 5.41) is 2.76. The molecule has 1 saturated heterocycles. The van der Waals surface area contributed by atoms with Gasteiger partial charge in [-0.1, -0.05) is 12.1 Å². The highest BCUT2D eigenvalue weighted by Crippen LogP contribution is 2.20. The summed E-state index contributed by atoms with van der Waals surface area (Å²) < 4.78 is 5.47. The molecule has 2 rings (SSSR count). The van der Waals surface area contributed by atoms with Crippen LogP contribution in [0.1, 0.15) is 23.7 Å². The van der Waals surface area contributed by atoms with Crippen molar-refractivity contribution in [3.8, 4) is 5.75 Å². The van der Waals surface area contributed by atoms with E-state index in [0.29, 0.717) is 44.0 Å². The number of hydrogen-bond donors (Lipinski definition) is 1. The molecule has 1 aliphatic rings. The zero-order chi connectivity index (χ0) is 13.7. The van der Waals surface area contributed by atoms with E-state index in [2.05, 4.69) is 5.32 Å². The minimum absolute atomic E-state index is 0.00612. The molecule has 0 aliphatic carbocycles. The number of nitrogens with one attached hydrogen (secondary N) is 1. The maximum Gasteiger partial charge on any atom is 0.257 e. The van der Waals surface area contributed by atoms with Crippen LogP contribution in [0.25, 0.3) is 0 Å². The molecule has 0 atom stereocenters. The van der Waals surface area contributed by atoms with Crippen LogP contribution in [0.2, 0.25) is 0 Å². The Kier molecular flexibility index (Phi) is 4.39. The van der Waals surface area contributed by atoms with E-state index < -0.39 is 0 Å². The van der Waals surface area contributed by atoms with Gasteiger partial charge in [-0.05, 0) is 19.1 Å². The van der Waals surface area contributed by atoms with Crippen LogP contribution in [-0.4, -0.2) is 43.0 Å². The standard InChI is InChI=1S/C14H18N2O3/c1-2-19-12-6-4-3-5-11(12)14(18)16-9-7-13(17)15-8-10-16/h3-6H,2,7-10H2,1H3,(H,15,17). The number of hydrogen-bond acceptors (Lipinski definition) is 3. The van der Waals surface area contributed by atoms with Crippen LogP contribution >= 0.6 is 0 Å². The number of carbonyl (C=O) groups excluding carboxylic acids is 2. The number of carbonyl (C=O) groups is 2. The van der Waals surface area contributed by atoms with Crippen LogP contribution in [0.5, 0.6) is 5.75 Å². The lowest BCUT2D eigenvalue weighted by Crippen LogP contribution is -2.34. The normalized spacial score (nSPS) is 15.6. The van der Waals surface area contributed by atoms with Gasteiger partial charge in [-0.15, -0.1) is 0 Å². The summed E-state index contributed by atoms with van der Waals surface area (Å²) >= 11 is 0. The van der Waals surface area contributed by atoms with Crippen LogP contribution in [0.3, 0.4) is 0 Å². The second-order valence-corrected chi connectivity index (χ2v) is 4.32. The molecule has 5 nitrogen and oxygen atoms in total. The van der Waals surface area contributed by atoms with E-state index in [1.165, 1.54) is 0 Å². The Balaban J connectivity index is 2.16. The van der Waals surface area contributed by atoms with Gasteiger partial charge in [-0.25, -0.2) is 0 Å². The van der Waals surface area contributed by atoms with E-state index in [-0.39, 0.29) is 11.8 Å². The molecule has 0 saturated carbocycles. The highest BCUT2D eigenvalue weighted by Gasteiger charge is 2.22. The number of rotatable bonds is 3. The largest absolute Gasteiger partial charge is 0.493 e. The van der Waals surface area contributed by atoms with E-state index in [4.69, 9.17) is 4.74 Å². The minimum atomic E-state index is -0.0828. The molecular weight excluding hydrogens is 244 g/mol. The van der Waals surface area contributed by atoms with Crippen molar-refractivity contribution in [1.29, 1.82) is 0 Å². The summed E-state index contributed by atoms with van der Waals surface area (Å²) in [5.41, 5.74) is 0.554. The summed E-state index contributed by atoms with van der Waals surface area (Å²) in [7, 11) is 0. The second kappa shape index (κ2) is 6.22. The maximum absolute atomic E-state index is 12.5. The summed E-state index contributed by atoms with van der Waals surface area (Å²) in [4.78, 5) is 25.4. The summed E-state index contributed by atoms with van der Waals surface area (Å²) in [6, 6.07) is 7.21. The summed E-state index contributed by atoms with van der Waals surface area (Å²) in [5.74, 6) is 0.507. The predicted octanol–water partition coefficient (Wildman–Crippen LogP) is 1.05. The van der Waals surface area contributed by atoms with Gasteiger partial charge in [-0.2, -0.15) is 0 Å². The van der Waals surface area contributed by atoms with Gasteiger partial charge in [0, 0.05) is 26.1 Å². The van der Waals surface area contributed by atoms with Crippen LogP contribution < -0.4 is 10.1 Å². The van der Waals surface area contributed by atoms with Gasteiger partial charge in [0.1, 0.15) is 5.75 Å². The SMILES string of the molecule is CCOc1ccccc1C(=O)N1CCNC(=O)CC1. The third-order valence-corrected chi connectivity index (χ3v) is 3.02. The third kappa shape index (κ3) is 3.24. The first-order valence-corrected chi connectivity index (χ1v) is 6.50. The molecule has 5 heteroatoms. The van der Waals surface area contributed by atoms with Crippen molar-refractivity contribution in [2.24, 2.45) is 0 Å². The number of para-hydroxylation sites is 1. The van der Waals surface area contributed by atoms with E-state index in [9.17, 15) is 9.59 Å². The Hall–Kier alpha value is -2.04. The molecule has 1 N–H and O–H groups in total. The zero-order valence-electron chi connectivity index (χ0n) is 11.0. The Morgan fingerprint density at radius 2 is 2.16 bits per heavy atom. The Morgan fingerprint density at radius 1 is 1.37 bits per heavy atom. The first kappa shape index (κ1) is 13.4. The first-order chi connectivity index (χ1) is 9.22. The van der Waals surface area contributed by atoms with Crippen molar-refractivity contribution < 1.29 is 14.3 Å². The van der Waals surface area contributed by atoms with Gasteiger partial charge in [0.2, 0.25) is 5.91 Å². The van der Waals surface area contributed by atoms with Crippen LogP contribution in [0.4, 0.5) is 0 Å². The molecule has 0 bridgehead atoms. The van der Waals surface area contributed by atoms with Crippen molar-refractivity contribution in [2.45, 2.75) is 13.3 Å². The molecule has 0 radical (unpaired) electrons. The monoisotopic (exact) mass is 262 g/mol. The Labute approximate surface area is 112 Å². The average molecular weight is 262 g/mol. The molecule has 1 aliphatic heterocycles. The lowest BCUT2D eigenvalue weighted by atomic mass is 10.1. The molecule has 1 heterocycles. The molecular formula is C14H18N2O3. The molecule has 102 valence electrons. The second-order valence-electron chi connectivity index (χ2n) is 4.32. The van der Waals surface area contributed by atoms with E-state index >= 15 is 0 Å². The van der Waals surface area contributed by atoms with E-state index in [0.717, 1.165) is 0 Å². The molecule has 0 spiro atoms. The van der Waals surface area contributed by atoms with Crippen LogP contribution in [-0.2, 0) is 4.79 Å².